The fourth-order valence-electron chi connectivity index (χ4n) is 5.82. The maximum Gasteiger partial charge on any atom is 0.0736 e. The molecule has 0 radical (unpaired) electrons. The van der Waals surface area contributed by atoms with Crippen molar-refractivity contribution in [2.24, 2.45) is 23.7 Å². The zero-order valence-electron chi connectivity index (χ0n) is 15.5. The van der Waals surface area contributed by atoms with Gasteiger partial charge in [-0.05, 0) is 75.0 Å². The van der Waals surface area contributed by atoms with Gasteiger partial charge in [0.15, 0.2) is 0 Å². The summed E-state index contributed by atoms with van der Waals surface area (Å²) < 4.78 is 5.65. The van der Waals surface area contributed by atoms with Gasteiger partial charge in [-0.15, -0.1) is 11.6 Å². The highest BCUT2D eigenvalue weighted by Crippen LogP contribution is 2.41. The van der Waals surface area contributed by atoms with Gasteiger partial charge in [-0.3, -0.25) is 5.43 Å². The summed E-state index contributed by atoms with van der Waals surface area (Å²) in [5.74, 6) is 3.10. The summed E-state index contributed by atoms with van der Waals surface area (Å²) in [6.45, 7) is 2.98. The average molecular weight is 370 g/mol. The van der Waals surface area contributed by atoms with Crippen LogP contribution >= 0.6 is 11.6 Å². The molecule has 2 saturated carbocycles. The number of ether oxygens (including phenoxy) is 1. The Bertz CT molecular complexity index is 410. The van der Waals surface area contributed by atoms with E-state index in [1.54, 1.807) is 0 Å². The van der Waals surface area contributed by atoms with Crippen molar-refractivity contribution >= 4 is 11.6 Å². The van der Waals surface area contributed by atoms with Crippen LogP contribution < -0.4 is 16.2 Å². The number of halogens is 1. The van der Waals surface area contributed by atoms with E-state index in [9.17, 15) is 0 Å². The Hall–Kier alpha value is 0.130. The van der Waals surface area contributed by atoms with Gasteiger partial charge in [-0.25, -0.2) is 5.43 Å². The van der Waals surface area contributed by atoms with Crippen molar-refractivity contribution in [3.8, 4) is 0 Å². The highest BCUT2D eigenvalue weighted by atomic mass is 35.5. The quantitative estimate of drug-likeness (QED) is 0.664. The summed E-state index contributed by atoms with van der Waals surface area (Å²) in [6.07, 6.45) is 13.5. The Morgan fingerprint density at radius 3 is 2.44 bits per heavy atom. The molecular weight excluding hydrogens is 334 g/mol. The third-order valence-electron chi connectivity index (χ3n) is 7.26. The van der Waals surface area contributed by atoms with Gasteiger partial charge in [0.25, 0.3) is 0 Å². The van der Waals surface area contributed by atoms with E-state index in [0.717, 1.165) is 37.5 Å². The zero-order chi connectivity index (χ0) is 17.1. The van der Waals surface area contributed by atoms with E-state index in [1.807, 2.05) is 0 Å². The maximum atomic E-state index is 6.34. The molecule has 2 heterocycles. The van der Waals surface area contributed by atoms with E-state index in [2.05, 4.69) is 16.2 Å². The van der Waals surface area contributed by atoms with Gasteiger partial charge in [-0.2, -0.15) is 0 Å². The molecule has 0 bridgehead atoms. The topological polar surface area (TPSA) is 45.3 Å². The summed E-state index contributed by atoms with van der Waals surface area (Å²) in [6, 6.07) is 0.644. The van der Waals surface area contributed by atoms with Crippen LogP contribution in [0.5, 0.6) is 0 Å². The van der Waals surface area contributed by atoms with E-state index < -0.39 is 0 Å². The molecule has 144 valence electrons. The van der Waals surface area contributed by atoms with Gasteiger partial charge in [-0.1, -0.05) is 12.8 Å². The van der Waals surface area contributed by atoms with Gasteiger partial charge in [0.1, 0.15) is 0 Å². The smallest absolute Gasteiger partial charge is 0.0736 e. The number of rotatable bonds is 4. The summed E-state index contributed by atoms with van der Waals surface area (Å²) in [4.78, 5) is 0. The minimum atomic E-state index is 0.419. The highest BCUT2D eigenvalue weighted by molar-refractivity contribution is 6.20. The molecule has 3 N–H and O–H groups in total. The van der Waals surface area contributed by atoms with Crippen LogP contribution in [0, 0.1) is 23.7 Å². The van der Waals surface area contributed by atoms with Crippen molar-refractivity contribution in [3.63, 3.8) is 0 Å². The molecule has 0 aromatic carbocycles. The molecule has 4 aliphatic rings. The van der Waals surface area contributed by atoms with Crippen LogP contribution in [0.3, 0.4) is 0 Å². The lowest BCUT2D eigenvalue weighted by Gasteiger charge is -2.50. The molecule has 0 aromatic rings. The summed E-state index contributed by atoms with van der Waals surface area (Å²) >= 11 is 6.34. The van der Waals surface area contributed by atoms with Gasteiger partial charge in [0, 0.05) is 24.6 Å². The predicted octanol–water partition coefficient (Wildman–Crippen LogP) is 3.41. The highest BCUT2D eigenvalue weighted by Gasteiger charge is 2.43. The second-order valence-corrected chi connectivity index (χ2v) is 9.52. The van der Waals surface area contributed by atoms with Crippen LogP contribution in [0.25, 0.3) is 0 Å². The molecule has 4 nitrogen and oxygen atoms in total. The third-order valence-corrected chi connectivity index (χ3v) is 7.70. The van der Waals surface area contributed by atoms with E-state index in [4.69, 9.17) is 16.3 Å². The lowest BCUT2D eigenvalue weighted by molar-refractivity contribution is 0.0152. The molecule has 0 amide bonds. The number of hydrazine groups is 1. The molecule has 25 heavy (non-hydrogen) atoms. The van der Waals surface area contributed by atoms with Crippen LogP contribution in [0.15, 0.2) is 0 Å². The van der Waals surface area contributed by atoms with Crippen molar-refractivity contribution in [1.82, 2.24) is 16.2 Å². The number of nitrogens with one attached hydrogen (secondary N) is 3. The zero-order valence-corrected chi connectivity index (χ0v) is 16.3. The Morgan fingerprint density at radius 1 is 0.880 bits per heavy atom. The molecule has 2 aliphatic carbocycles. The number of hydrogen-bond acceptors (Lipinski definition) is 4. The van der Waals surface area contributed by atoms with Crippen molar-refractivity contribution < 1.29 is 4.74 Å². The van der Waals surface area contributed by atoms with Crippen LogP contribution in [-0.2, 0) is 4.74 Å². The Morgan fingerprint density at radius 2 is 1.68 bits per heavy atom. The van der Waals surface area contributed by atoms with Crippen LogP contribution in [0.2, 0.25) is 0 Å². The van der Waals surface area contributed by atoms with Gasteiger partial charge in [0.05, 0.1) is 12.8 Å². The first-order valence-corrected chi connectivity index (χ1v) is 11.2. The summed E-state index contributed by atoms with van der Waals surface area (Å²) in [5.41, 5.74) is 7.44. The third kappa shape index (κ3) is 4.52. The van der Waals surface area contributed by atoms with Gasteiger partial charge < -0.3 is 10.1 Å². The SMILES string of the molecule is ClC1CCC(C2NNC(NCC3CCCOC3)C3CCCCC32)CC1. The molecule has 4 rings (SSSR count). The minimum absolute atomic E-state index is 0.419. The van der Waals surface area contributed by atoms with E-state index in [0.29, 0.717) is 23.5 Å². The maximum absolute atomic E-state index is 6.34. The molecule has 0 spiro atoms. The van der Waals surface area contributed by atoms with Crippen molar-refractivity contribution in [3.05, 3.63) is 0 Å². The molecule has 2 aliphatic heterocycles. The minimum Gasteiger partial charge on any atom is -0.381 e. The van der Waals surface area contributed by atoms with Crippen LogP contribution in [-0.4, -0.2) is 37.3 Å². The predicted molar refractivity (Wildman–Crippen MR) is 102 cm³/mol. The van der Waals surface area contributed by atoms with Crippen molar-refractivity contribution in [1.29, 1.82) is 0 Å². The molecular formula is C20H36ClN3O. The van der Waals surface area contributed by atoms with Gasteiger partial charge >= 0.3 is 0 Å². The molecule has 4 fully saturated rings. The molecule has 0 aromatic heterocycles. The van der Waals surface area contributed by atoms with E-state index >= 15 is 0 Å². The summed E-state index contributed by atoms with van der Waals surface area (Å²) in [7, 11) is 0. The number of alkyl halides is 1. The monoisotopic (exact) mass is 369 g/mol. The van der Waals surface area contributed by atoms with Crippen molar-refractivity contribution in [2.75, 3.05) is 19.8 Å². The molecule has 5 heteroatoms. The molecule has 2 saturated heterocycles. The first-order chi connectivity index (χ1) is 12.3. The lowest BCUT2D eigenvalue weighted by atomic mass is 9.67. The van der Waals surface area contributed by atoms with Crippen molar-refractivity contribution in [2.45, 2.75) is 81.8 Å². The largest absolute Gasteiger partial charge is 0.381 e. The van der Waals surface area contributed by atoms with Crippen LogP contribution in [0.1, 0.15) is 64.2 Å². The fraction of sp³-hybridized carbons (Fsp3) is 1.00. The first-order valence-electron chi connectivity index (χ1n) is 10.8. The normalized spacial score (nSPS) is 45.7. The number of fused-ring (bicyclic) bond motifs is 1. The van der Waals surface area contributed by atoms with E-state index in [-0.39, 0.29) is 0 Å². The average Bonchev–Trinajstić information content (AvgIpc) is 2.68. The van der Waals surface area contributed by atoms with Crippen LogP contribution in [0.4, 0.5) is 0 Å². The second-order valence-electron chi connectivity index (χ2n) is 8.91. The standard InChI is InChI=1S/C20H36ClN3O/c21-16-9-7-15(8-10-16)19-17-5-1-2-6-18(17)20(24-23-19)22-12-14-4-3-11-25-13-14/h14-20,22-24H,1-13H2. The Labute approximate surface area is 158 Å². The molecule has 5 unspecified atom stereocenters. The Balaban J connectivity index is 1.34. The van der Waals surface area contributed by atoms with Gasteiger partial charge in [0.2, 0.25) is 0 Å². The fourth-order valence-corrected chi connectivity index (χ4v) is 6.07. The Kier molecular flexibility index (Phi) is 6.57. The number of hydrogen-bond donors (Lipinski definition) is 3. The van der Waals surface area contributed by atoms with E-state index in [1.165, 1.54) is 64.2 Å². The summed E-state index contributed by atoms with van der Waals surface area (Å²) in [5, 5.41) is 4.26. The lowest BCUT2D eigenvalue weighted by Crippen LogP contribution is -2.68. The first kappa shape index (κ1) is 18.5. The molecule has 5 atom stereocenters. The second kappa shape index (κ2) is 8.88.